The summed E-state index contributed by atoms with van der Waals surface area (Å²) in [4.78, 5) is 4.28. The van der Waals surface area contributed by atoms with Crippen molar-refractivity contribution < 1.29 is 9.47 Å². The molecule has 0 saturated heterocycles. The third-order valence-corrected chi connectivity index (χ3v) is 2.37. The van der Waals surface area contributed by atoms with E-state index in [0.717, 1.165) is 23.3 Å². The highest BCUT2D eigenvalue weighted by atomic mass is 16.5. The van der Waals surface area contributed by atoms with Gasteiger partial charge in [0.15, 0.2) is 0 Å². The second-order valence-corrected chi connectivity index (χ2v) is 3.25. The molecule has 2 rings (SSSR count). The van der Waals surface area contributed by atoms with Crippen molar-refractivity contribution in [2.45, 2.75) is 6.54 Å². The molecule has 0 radical (unpaired) electrons. The van der Waals surface area contributed by atoms with Gasteiger partial charge in [0.05, 0.1) is 19.2 Å². The molecule has 4 nitrogen and oxygen atoms in total. The smallest absolute Gasteiger partial charge is 0.146 e. The van der Waals surface area contributed by atoms with Gasteiger partial charge < -0.3 is 14.0 Å². The van der Waals surface area contributed by atoms with Gasteiger partial charge in [-0.15, -0.1) is 0 Å². The van der Waals surface area contributed by atoms with Crippen LogP contribution in [-0.2, 0) is 11.3 Å². The molecule has 0 atom stereocenters. The second-order valence-electron chi connectivity index (χ2n) is 3.25. The summed E-state index contributed by atoms with van der Waals surface area (Å²) in [6.07, 6.45) is 3.75. The summed E-state index contributed by atoms with van der Waals surface area (Å²) in [5, 5.41) is 0. The first kappa shape index (κ1) is 9.98. The standard InChI is InChI=1S/C11H14N2O2/c1-14-8-7-13-6-4-9-11(13)10(15-2)3-5-12-9/h3-6H,7-8H2,1-2H3. The van der Waals surface area contributed by atoms with Crippen molar-refractivity contribution >= 4 is 11.0 Å². The number of hydrogen-bond donors (Lipinski definition) is 0. The van der Waals surface area contributed by atoms with Crippen LogP contribution in [-0.4, -0.2) is 30.4 Å². The average Bonchev–Trinajstić information content (AvgIpc) is 2.69. The SMILES string of the molecule is COCCn1ccc2nccc(OC)c21. The molecule has 0 aliphatic heterocycles. The fourth-order valence-electron chi connectivity index (χ4n) is 1.64. The third-order valence-electron chi connectivity index (χ3n) is 2.37. The van der Waals surface area contributed by atoms with Crippen molar-refractivity contribution in [1.82, 2.24) is 9.55 Å². The van der Waals surface area contributed by atoms with Crippen molar-refractivity contribution in [3.05, 3.63) is 24.5 Å². The van der Waals surface area contributed by atoms with E-state index in [9.17, 15) is 0 Å². The topological polar surface area (TPSA) is 36.3 Å². The van der Waals surface area contributed by atoms with Crippen LogP contribution in [0.2, 0.25) is 0 Å². The number of ether oxygens (including phenoxy) is 2. The van der Waals surface area contributed by atoms with Gasteiger partial charge in [-0.2, -0.15) is 0 Å². The Morgan fingerprint density at radius 2 is 2.20 bits per heavy atom. The van der Waals surface area contributed by atoms with Gasteiger partial charge in [-0.3, -0.25) is 4.98 Å². The Balaban J connectivity index is 2.46. The zero-order valence-corrected chi connectivity index (χ0v) is 8.93. The Labute approximate surface area is 88.4 Å². The minimum absolute atomic E-state index is 0.682. The van der Waals surface area contributed by atoms with Crippen LogP contribution in [0.1, 0.15) is 0 Å². The summed E-state index contributed by atoms with van der Waals surface area (Å²) in [5.74, 6) is 0.848. The van der Waals surface area contributed by atoms with Gasteiger partial charge in [0.25, 0.3) is 0 Å². The van der Waals surface area contributed by atoms with Crippen LogP contribution >= 0.6 is 0 Å². The minimum Gasteiger partial charge on any atom is -0.494 e. The van der Waals surface area contributed by atoms with Crippen molar-refractivity contribution in [3.63, 3.8) is 0 Å². The van der Waals surface area contributed by atoms with Crippen LogP contribution in [0.15, 0.2) is 24.5 Å². The molecule has 0 aliphatic rings. The van der Waals surface area contributed by atoms with E-state index >= 15 is 0 Å². The van der Waals surface area contributed by atoms with E-state index in [-0.39, 0.29) is 0 Å². The molecule has 2 heterocycles. The molecule has 0 spiro atoms. The zero-order chi connectivity index (χ0) is 10.7. The molecule has 80 valence electrons. The number of methoxy groups -OCH3 is 2. The predicted molar refractivity (Wildman–Crippen MR) is 58.2 cm³/mol. The molecule has 0 bridgehead atoms. The van der Waals surface area contributed by atoms with E-state index in [4.69, 9.17) is 9.47 Å². The maximum absolute atomic E-state index is 5.30. The first-order chi connectivity index (χ1) is 7.36. The lowest BCUT2D eigenvalue weighted by Crippen LogP contribution is -2.03. The molecule has 15 heavy (non-hydrogen) atoms. The summed E-state index contributed by atoms with van der Waals surface area (Å²) in [6.45, 7) is 1.49. The van der Waals surface area contributed by atoms with Gasteiger partial charge in [0.1, 0.15) is 11.3 Å². The van der Waals surface area contributed by atoms with Gasteiger partial charge in [0, 0.05) is 32.1 Å². The van der Waals surface area contributed by atoms with Crippen LogP contribution < -0.4 is 4.74 Å². The monoisotopic (exact) mass is 206 g/mol. The van der Waals surface area contributed by atoms with E-state index in [2.05, 4.69) is 9.55 Å². The molecule has 0 saturated carbocycles. The molecule has 0 aliphatic carbocycles. The van der Waals surface area contributed by atoms with Gasteiger partial charge in [-0.25, -0.2) is 0 Å². The molecule has 0 amide bonds. The average molecular weight is 206 g/mol. The van der Waals surface area contributed by atoms with Gasteiger partial charge in [-0.05, 0) is 6.07 Å². The minimum atomic E-state index is 0.682. The number of aromatic nitrogens is 2. The van der Waals surface area contributed by atoms with Crippen LogP contribution in [0.5, 0.6) is 5.75 Å². The lowest BCUT2D eigenvalue weighted by molar-refractivity contribution is 0.188. The van der Waals surface area contributed by atoms with Crippen LogP contribution in [0.3, 0.4) is 0 Å². The Morgan fingerprint density at radius 1 is 1.33 bits per heavy atom. The van der Waals surface area contributed by atoms with Crippen molar-refractivity contribution in [1.29, 1.82) is 0 Å². The first-order valence-electron chi connectivity index (χ1n) is 4.83. The lowest BCUT2D eigenvalue weighted by atomic mass is 10.3. The predicted octanol–water partition coefficient (Wildman–Crippen LogP) is 1.69. The maximum Gasteiger partial charge on any atom is 0.146 e. The first-order valence-corrected chi connectivity index (χ1v) is 4.83. The molecule has 0 unspecified atom stereocenters. The molecule has 2 aromatic rings. The summed E-state index contributed by atoms with van der Waals surface area (Å²) in [7, 11) is 3.36. The van der Waals surface area contributed by atoms with Crippen LogP contribution in [0.4, 0.5) is 0 Å². The summed E-state index contributed by atoms with van der Waals surface area (Å²) >= 11 is 0. The second kappa shape index (κ2) is 4.31. The molecule has 0 aromatic carbocycles. The van der Waals surface area contributed by atoms with Crippen LogP contribution in [0, 0.1) is 0 Å². The molecule has 0 N–H and O–H groups in total. The van der Waals surface area contributed by atoms with Crippen molar-refractivity contribution in [2.75, 3.05) is 20.8 Å². The molecule has 0 fully saturated rings. The Kier molecular flexibility index (Phi) is 2.87. The van der Waals surface area contributed by atoms with Crippen molar-refractivity contribution in [3.8, 4) is 5.75 Å². The van der Waals surface area contributed by atoms with Crippen molar-refractivity contribution in [2.24, 2.45) is 0 Å². The summed E-state index contributed by atoms with van der Waals surface area (Å²) in [6, 6.07) is 3.85. The third kappa shape index (κ3) is 1.80. The van der Waals surface area contributed by atoms with E-state index in [1.54, 1.807) is 20.4 Å². The van der Waals surface area contributed by atoms with E-state index in [1.165, 1.54) is 0 Å². The fourth-order valence-corrected chi connectivity index (χ4v) is 1.64. The van der Waals surface area contributed by atoms with Crippen LogP contribution in [0.25, 0.3) is 11.0 Å². The van der Waals surface area contributed by atoms with Gasteiger partial charge in [0.2, 0.25) is 0 Å². The largest absolute Gasteiger partial charge is 0.494 e. The molecular weight excluding hydrogens is 192 g/mol. The number of nitrogens with zero attached hydrogens (tertiary/aromatic N) is 2. The highest BCUT2D eigenvalue weighted by Gasteiger charge is 2.07. The summed E-state index contributed by atoms with van der Waals surface area (Å²) in [5.41, 5.74) is 1.97. The Bertz CT molecular complexity index is 451. The zero-order valence-electron chi connectivity index (χ0n) is 8.93. The Morgan fingerprint density at radius 3 is 2.93 bits per heavy atom. The number of hydrogen-bond acceptors (Lipinski definition) is 3. The number of rotatable bonds is 4. The van der Waals surface area contributed by atoms with Gasteiger partial charge >= 0.3 is 0 Å². The normalized spacial score (nSPS) is 10.8. The highest BCUT2D eigenvalue weighted by molar-refractivity contribution is 5.82. The van der Waals surface area contributed by atoms with E-state index < -0.39 is 0 Å². The quantitative estimate of drug-likeness (QED) is 0.763. The summed E-state index contributed by atoms with van der Waals surface area (Å²) < 4.78 is 12.4. The maximum atomic E-state index is 5.30. The molecule has 2 aromatic heterocycles. The lowest BCUT2D eigenvalue weighted by Gasteiger charge is -2.07. The molecular formula is C11H14N2O2. The Hall–Kier alpha value is -1.55. The van der Waals surface area contributed by atoms with E-state index in [1.807, 2.05) is 18.3 Å². The highest BCUT2D eigenvalue weighted by Crippen LogP contribution is 2.24. The fraction of sp³-hybridized carbons (Fsp3) is 0.364. The molecule has 4 heteroatoms. The van der Waals surface area contributed by atoms with Gasteiger partial charge in [-0.1, -0.05) is 0 Å². The number of pyridine rings is 1. The number of fused-ring (bicyclic) bond motifs is 1. The van der Waals surface area contributed by atoms with E-state index in [0.29, 0.717) is 6.61 Å².